The van der Waals surface area contributed by atoms with Crippen LogP contribution < -0.4 is 5.32 Å². The fourth-order valence-corrected chi connectivity index (χ4v) is 3.40. The van der Waals surface area contributed by atoms with E-state index in [1.54, 1.807) is 0 Å². The van der Waals surface area contributed by atoms with Gasteiger partial charge in [0, 0.05) is 24.5 Å². The Hall–Kier alpha value is -0.410. The smallest absolute Gasteiger partial charge is 0.149 e. The molecule has 0 aromatic carbocycles. The molecule has 2 rings (SSSR count). The second-order valence-electron chi connectivity index (χ2n) is 6.14. The molecular weight excluding hydrogens is 200 g/mol. The molecule has 0 saturated carbocycles. The van der Waals surface area contributed by atoms with Gasteiger partial charge in [-0.1, -0.05) is 6.92 Å². The van der Waals surface area contributed by atoms with Crippen LogP contribution in [0.15, 0.2) is 0 Å². The van der Waals surface area contributed by atoms with E-state index in [1.807, 2.05) is 6.92 Å². The minimum Gasteiger partial charge on any atom is -0.315 e. The highest BCUT2D eigenvalue weighted by Crippen LogP contribution is 2.38. The van der Waals surface area contributed by atoms with Crippen molar-refractivity contribution in [2.45, 2.75) is 58.2 Å². The van der Waals surface area contributed by atoms with E-state index in [-0.39, 0.29) is 11.6 Å². The van der Waals surface area contributed by atoms with E-state index >= 15 is 0 Å². The molecule has 1 N–H and O–H groups in total. The van der Waals surface area contributed by atoms with Crippen LogP contribution in [0.2, 0.25) is 0 Å². The molecule has 0 aromatic rings. The number of likely N-dealkylation sites (tertiary alicyclic amines) is 1. The number of nitrogens with one attached hydrogen (secondary N) is 1. The zero-order valence-corrected chi connectivity index (χ0v) is 10.9. The van der Waals surface area contributed by atoms with E-state index in [0.717, 1.165) is 19.5 Å². The van der Waals surface area contributed by atoms with Crippen molar-refractivity contribution < 1.29 is 4.79 Å². The zero-order valence-electron chi connectivity index (χ0n) is 10.9. The van der Waals surface area contributed by atoms with Crippen LogP contribution in [0, 0.1) is 5.92 Å². The molecule has 2 fully saturated rings. The molecule has 0 aromatic heterocycles. The number of nitrogens with zero attached hydrogens (tertiary/aromatic N) is 1. The van der Waals surface area contributed by atoms with Gasteiger partial charge in [-0.2, -0.15) is 0 Å². The summed E-state index contributed by atoms with van der Waals surface area (Å²) >= 11 is 0. The van der Waals surface area contributed by atoms with Crippen molar-refractivity contribution in [3.05, 3.63) is 0 Å². The van der Waals surface area contributed by atoms with E-state index < -0.39 is 0 Å². The Morgan fingerprint density at radius 3 is 2.62 bits per heavy atom. The molecule has 16 heavy (non-hydrogen) atoms. The minimum atomic E-state index is 0.0981. The minimum absolute atomic E-state index is 0.0981. The van der Waals surface area contributed by atoms with Gasteiger partial charge in [-0.15, -0.1) is 0 Å². The third kappa shape index (κ3) is 1.91. The highest BCUT2D eigenvalue weighted by atomic mass is 16.1. The third-order valence-electron chi connectivity index (χ3n) is 4.02. The van der Waals surface area contributed by atoms with Gasteiger partial charge in [0.15, 0.2) is 0 Å². The molecule has 2 heterocycles. The van der Waals surface area contributed by atoms with Crippen molar-refractivity contribution in [2.24, 2.45) is 5.92 Å². The normalized spacial score (nSPS) is 35.4. The highest BCUT2D eigenvalue weighted by molar-refractivity contribution is 5.84. The summed E-state index contributed by atoms with van der Waals surface area (Å²) in [5, 5.41) is 3.45. The number of ketones is 1. The van der Waals surface area contributed by atoms with Gasteiger partial charge in [0.1, 0.15) is 5.78 Å². The van der Waals surface area contributed by atoms with Crippen LogP contribution in [-0.4, -0.2) is 41.4 Å². The predicted octanol–water partition coefficient (Wildman–Crippen LogP) is 1.43. The number of rotatable bonds is 2. The topological polar surface area (TPSA) is 32.3 Å². The lowest BCUT2D eigenvalue weighted by molar-refractivity contribution is -0.125. The fraction of sp³-hybridized carbons (Fsp3) is 0.923. The maximum Gasteiger partial charge on any atom is 0.149 e. The lowest BCUT2D eigenvalue weighted by Gasteiger charge is -2.40. The zero-order chi connectivity index (χ0) is 11.9. The van der Waals surface area contributed by atoms with Crippen molar-refractivity contribution in [1.82, 2.24) is 10.2 Å². The first-order valence-corrected chi connectivity index (χ1v) is 6.47. The van der Waals surface area contributed by atoms with E-state index in [2.05, 4.69) is 31.0 Å². The van der Waals surface area contributed by atoms with Gasteiger partial charge >= 0.3 is 0 Å². The van der Waals surface area contributed by atoms with Crippen molar-refractivity contribution in [1.29, 1.82) is 0 Å². The van der Waals surface area contributed by atoms with E-state index in [0.29, 0.717) is 24.2 Å². The summed E-state index contributed by atoms with van der Waals surface area (Å²) in [7, 11) is 0. The Bertz CT molecular complexity index is 282. The number of carbonyl (C=O) groups is 1. The maximum absolute atomic E-state index is 12.0. The van der Waals surface area contributed by atoms with E-state index in [1.165, 1.54) is 0 Å². The van der Waals surface area contributed by atoms with E-state index in [4.69, 9.17) is 0 Å². The number of hydrogen-bond acceptors (Lipinski definition) is 3. The fourth-order valence-electron chi connectivity index (χ4n) is 3.40. The molecule has 0 amide bonds. The van der Waals surface area contributed by atoms with E-state index in [9.17, 15) is 4.79 Å². The number of carbonyl (C=O) groups excluding carboxylic acids is 1. The Morgan fingerprint density at radius 1 is 1.38 bits per heavy atom. The molecule has 3 unspecified atom stereocenters. The van der Waals surface area contributed by atoms with Gasteiger partial charge in [-0.25, -0.2) is 0 Å². The van der Waals surface area contributed by atoms with Gasteiger partial charge < -0.3 is 5.32 Å². The van der Waals surface area contributed by atoms with Crippen LogP contribution in [-0.2, 0) is 4.79 Å². The maximum atomic E-state index is 12.0. The van der Waals surface area contributed by atoms with Gasteiger partial charge in [0.2, 0.25) is 0 Å². The summed E-state index contributed by atoms with van der Waals surface area (Å²) in [4.78, 5) is 14.5. The molecule has 3 nitrogen and oxygen atoms in total. The summed E-state index contributed by atoms with van der Waals surface area (Å²) < 4.78 is 0. The number of fused-ring (bicyclic) bond motifs is 1. The summed E-state index contributed by atoms with van der Waals surface area (Å²) in [6.45, 7) is 10.8. The molecule has 2 aliphatic rings. The lowest BCUT2D eigenvalue weighted by atomic mass is 10.00. The second-order valence-corrected chi connectivity index (χ2v) is 6.14. The Morgan fingerprint density at radius 2 is 2.06 bits per heavy atom. The first-order valence-electron chi connectivity index (χ1n) is 6.47. The van der Waals surface area contributed by atoms with Crippen molar-refractivity contribution >= 4 is 5.78 Å². The molecule has 3 atom stereocenters. The molecule has 92 valence electrons. The Balaban J connectivity index is 2.23. The molecule has 2 aliphatic heterocycles. The van der Waals surface area contributed by atoms with Crippen molar-refractivity contribution in [2.75, 3.05) is 13.1 Å². The summed E-state index contributed by atoms with van der Waals surface area (Å²) in [6.07, 6.45) is 1.73. The first kappa shape index (κ1) is 12.1. The van der Waals surface area contributed by atoms with Crippen LogP contribution in [0.1, 0.15) is 40.5 Å². The van der Waals surface area contributed by atoms with Crippen LogP contribution in [0.5, 0.6) is 0 Å². The second kappa shape index (κ2) is 4.11. The SMILES string of the molecule is CCC(=O)C1CC2CNCC2N1C(C)(C)C. The highest BCUT2D eigenvalue weighted by Gasteiger charge is 2.49. The standard InChI is InChI=1S/C13H24N2O/c1-5-12(16)10-6-9-7-14-8-11(9)15(10)13(2,3)4/h9-11,14H,5-8H2,1-4H3. The van der Waals surface area contributed by atoms with Crippen LogP contribution in [0.3, 0.4) is 0 Å². The molecule has 0 spiro atoms. The molecule has 0 bridgehead atoms. The Kier molecular flexibility index (Phi) is 3.10. The van der Waals surface area contributed by atoms with Gasteiger partial charge in [-0.05, 0) is 39.7 Å². The van der Waals surface area contributed by atoms with Gasteiger partial charge in [-0.3, -0.25) is 9.69 Å². The monoisotopic (exact) mass is 224 g/mol. The summed E-state index contributed by atoms with van der Waals surface area (Å²) in [5.41, 5.74) is 0.0981. The molecule has 0 aliphatic carbocycles. The van der Waals surface area contributed by atoms with Gasteiger partial charge in [0.05, 0.1) is 6.04 Å². The number of hydrogen-bond donors (Lipinski definition) is 1. The first-order chi connectivity index (χ1) is 7.45. The predicted molar refractivity (Wildman–Crippen MR) is 65.4 cm³/mol. The van der Waals surface area contributed by atoms with Crippen LogP contribution in [0.4, 0.5) is 0 Å². The largest absolute Gasteiger partial charge is 0.315 e. The molecule has 0 radical (unpaired) electrons. The summed E-state index contributed by atoms with van der Waals surface area (Å²) in [6, 6.07) is 0.739. The van der Waals surface area contributed by atoms with Crippen molar-refractivity contribution in [3.8, 4) is 0 Å². The third-order valence-corrected chi connectivity index (χ3v) is 4.02. The van der Waals surface area contributed by atoms with Crippen LogP contribution >= 0.6 is 0 Å². The van der Waals surface area contributed by atoms with Crippen molar-refractivity contribution in [3.63, 3.8) is 0 Å². The van der Waals surface area contributed by atoms with Gasteiger partial charge in [0.25, 0.3) is 0 Å². The summed E-state index contributed by atoms with van der Waals surface area (Å²) in [5.74, 6) is 1.10. The Labute approximate surface area is 98.6 Å². The average molecular weight is 224 g/mol. The quantitative estimate of drug-likeness (QED) is 0.770. The van der Waals surface area contributed by atoms with Crippen LogP contribution in [0.25, 0.3) is 0 Å². The molecular formula is C13H24N2O. The lowest BCUT2D eigenvalue weighted by Crippen LogP contribution is -2.53. The molecule has 2 saturated heterocycles. The molecule has 3 heteroatoms. The number of Topliss-reactive ketones (excluding diaryl/α,β-unsaturated/α-hetero) is 1. The average Bonchev–Trinajstić information content (AvgIpc) is 2.72.